The van der Waals surface area contributed by atoms with Gasteiger partial charge in [-0.25, -0.2) is 9.90 Å². The summed E-state index contributed by atoms with van der Waals surface area (Å²) in [5, 5.41) is 3.77. The summed E-state index contributed by atoms with van der Waals surface area (Å²) in [7, 11) is 1.61. The highest BCUT2D eigenvalue weighted by atomic mass is 35.5. The van der Waals surface area contributed by atoms with Gasteiger partial charge in [-0.05, 0) is 55.9 Å². The van der Waals surface area contributed by atoms with Crippen molar-refractivity contribution in [3.8, 4) is 0 Å². The molecule has 3 heterocycles. The standard InChI is InChI=1S/C21H27ClN2O5/c1-13-12-16(22)14(2)11-15(13)18-19(25)21(6-8-23(27-3)9-7-21)24(20(18)26)29-17-5-4-10-28-17/h11-12,17-18H,4-10H2,1-3H3. The number of benzene rings is 1. The average molecular weight is 423 g/mol. The molecule has 2 atom stereocenters. The Morgan fingerprint density at radius 1 is 1.17 bits per heavy atom. The number of amides is 1. The van der Waals surface area contributed by atoms with Crippen LogP contribution in [-0.2, 0) is 24.0 Å². The van der Waals surface area contributed by atoms with Gasteiger partial charge >= 0.3 is 0 Å². The molecule has 7 nitrogen and oxygen atoms in total. The highest BCUT2D eigenvalue weighted by molar-refractivity contribution is 6.31. The first-order valence-electron chi connectivity index (χ1n) is 10.1. The van der Waals surface area contributed by atoms with Crippen molar-refractivity contribution in [2.75, 3.05) is 26.8 Å². The van der Waals surface area contributed by atoms with Crippen molar-refractivity contribution in [2.24, 2.45) is 0 Å². The SMILES string of the molecule is CON1CCC2(CC1)C(=O)C(c1cc(C)c(Cl)cc1C)C(=O)N2OC1CCCO1. The normalized spacial score (nSPS) is 27.4. The van der Waals surface area contributed by atoms with Crippen molar-refractivity contribution in [3.05, 3.63) is 33.8 Å². The number of carbonyl (C=O) groups excluding carboxylic acids is 2. The first-order chi connectivity index (χ1) is 13.9. The van der Waals surface area contributed by atoms with E-state index in [2.05, 4.69) is 0 Å². The van der Waals surface area contributed by atoms with Crippen molar-refractivity contribution < 1.29 is 24.0 Å². The molecule has 4 rings (SSSR count). The summed E-state index contributed by atoms with van der Waals surface area (Å²) in [5.41, 5.74) is 1.38. The fraction of sp³-hybridized carbons (Fsp3) is 0.619. The number of ether oxygens (including phenoxy) is 1. The van der Waals surface area contributed by atoms with E-state index in [4.69, 9.17) is 26.0 Å². The summed E-state index contributed by atoms with van der Waals surface area (Å²) in [6, 6.07) is 3.67. The Morgan fingerprint density at radius 2 is 1.90 bits per heavy atom. The van der Waals surface area contributed by atoms with Crippen molar-refractivity contribution in [3.63, 3.8) is 0 Å². The van der Waals surface area contributed by atoms with Gasteiger partial charge in [-0.1, -0.05) is 17.7 Å². The number of piperidine rings is 1. The zero-order valence-corrected chi connectivity index (χ0v) is 17.8. The summed E-state index contributed by atoms with van der Waals surface area (Å²) in [6.45, 7) is 5.45. The largest absolute Gasteiger partial charge is 0.350 e. The lowest BCUT2D eigenvalue weighted by Crippen LogP contribution is -2.56. The zero-order valence-electron chi connectivity index (χ0n) is 17.1. The smallest absolute Gasteiger partial charge is 0.262 e. The van der Waals surface area contributed by atoms with Crippen molar-refractivity contribution >= 4 is 23.3 Å². The van der Waals surface area contributed by atoms with Crippen LogP contribution < -0.4 is 0 Å². The first kappa shape index (κ1) is 20.8. The van der Waals surface area contributed by atoms with Crippen LogP contribution in [0.3, 0.4) is 0 Å². The monoisotopic (exact) mass is 422 g/mol. The van der Waals surface area contributed by atoms with E-state index in [1.54, 1.807) is 12.2 Å². The van der Waals surface area contributed by atoms with Crippen molar-refractivity contribution in [1.29, 1.82) is 0 Å². The number of hydrogen-bond acceptors (Lipinski definition) is 6. The fourth-order valence-electron chi connectivity index (χ4n) is 4.59. The van der Waals surface area contributed by atoms with Gasteiger partial charge in [0.15, 0.2) is 12.1 Å². The predicted molar refractivity (Wildman–Crippen MR) is 106 cm³/mol. The van der Waals surface area contributed by atoms with E-state index < -0.39 is 17.7 Å². The molecule has 3 saturated heterocycles. The maximum absolute atomic E-state index is 13.7. The molecule has 3 aliphatic rings. The van der Waals surface area contributed by atoms with E-state index in [-0.39, 0.29) is 11.7 Å². The number of carbonyl (C=O) groups is 2. The van der Waals surface area contributed by atoms with E-state index in [9.17, 15) is 9.59 Å². The summed E-state index contributed by atoms with van der Waals surface area (Å²) in [6.07, 6.45) is 2.02. The van der Waals surface area contributed by atoms with Gasteiger partial charge in [-0.2, -0.15) is 5.06 Å². The Bertz CT molecular complexity index is 816. The predicted octanol–water partition coefficient (Wildman–Crippen LogP) is 2.92. The third-order valence-corrected chi connectivity index (χ3v) is 6.74. The number of ketones is 1. The van der Waals surface area contributed by atoms with Crippen LogP contribution in [0.25, 0.3) is 0 Å². The Kier molecular flexibility index (Phi) is 5.70. The van der Waals surface area contributed by atoms with E-state index in [1.165, 1.54) is 5.06 Å². The molecule has 0 N–H and O–H groups in total. The average Bonchev–Trinajstić information content (AvgIpc) is 3.28. The number of rotatable bonds is 4. The van der Waals surface area contributed by atoms with Crippen LogP contribution in [0.15, 0.2) is 12.1 Å². The molecule has 0 aromatic heterocycles. The minimum atomic E-state index is -0.997. The summed E-state index contributed by atoms with van der Waals surface area (Å²) < 4.78 is 5.59. The summed E-state index contributed by atoms with van der Waals surface area (Å²) in [4.78, 5) is 38.6. The van der Waals surface area contributed by atoms with Crippen LogP contribution in [0.2, 0.25) is 5.02 Å². The number of halogens is 1. The second kappa shape index (κ2) is 7.96. The second-order valence-electron chi connectivity index (χ2n) is 8.08. The van der Waals surface area contributed by atoms with Crippen LogP contribution in [0, 0.1) is 13.8 Å². The minimum Gasteiger partial charge on any atom is -0.350 e. The molecule has 3 aliphatic heterocycles. The molecule has 0 bridgehead atoms. The van der Waals surface area contributed by atoms with E-state index in [0.29, 0.717) is 49.5 Å². The molecule has 8 heteroatoms. The lowest BCUT2D eigenvalue weighted by Gasteiger charge is -2.42. The maximum Gasteiger partial charge on any atom is 0.262 e. The lowest BCUT2D eigenvalue weighted by atomic mass is 9.80. The van der Waals surface area contributed by atoms with Crippen LogP contribution in [0.5, 0.6) is 0 Å². The Balaban J connectivity index is 1.72. The second-order valence-corrected chi connectivity index (χ2v) is 8.49. The van der Waals surface area contributed by atoms with Crippen LogP contribution in [-0.4, -0.2) is 60.5 Å². The van der Waals surface area contributed by atoms with Crippen LogP contribution >= 0.6 is 11.6 Å². The summed E-state index contributed by atoms with van der Waals surface area (Å²) in [5.74, 6) is -1.32. The number of hydroxylamine groups is 4. The Labute approximate surface area is 175 Å². The molecular formula is C21H27ClN2O5. The number of Topliss-reactive ketones (excluding diaryl/α,β-unsaturated/α-hetero) is 1. The molecule has 1 aromatic rings. The maximum atomic E-state index is 13.7. The van der Waals surface area contributed by atoms with Gasteiger partial charge in [0.25, 0.3) is 5.91 Å². The van der Waals surface area contributed by atoms with Crippen LogP contribution in [0.4, 0.5) is 0 Å². The molecule has 0 saturated carbocycles. The molecule has 1 aromatic carbocycles. The third kappa shape index (κ3) is 3.49. The highest BCUT2D eigenvalue weighted by Crippen LogP contribution is 2.45. The summed E-state index contributed by atoms with van der Waals surface area (Å²) >= 11 is 6.24. The van der Waals surface area contributed by atoms with E-state index >= 15 is 0 Å². The Hall–Kier alpha value is -1.51. The molecule has 158 valence electrons. The van der Waals surface area contributed by atoms with Crippen LogP contribution in [0.1, 0.15) is 48.3 Å². The van der Waals surface area contributed by atoms with Crippen molar-refractivity contribution in [2.45, 2.75) is 57.3 Å². The Morgan fingerprint density at radius 3 is 2.52 bits per heavy atom. The number of aryl methyl sites for hydroxylation is 2. The number of hydrogen-bond donors (Lipinski definition) is 0. The molecular weight excluding hydrogens is 396 g/mol. The van der Waals surface area contributed by atoms with E-state index in [0.717, 1.165) is 17.5 Å². The molecule has 0 radical (unpaired) electrons. The number of nitrogens with zero attached hydrogens (tertiary/aromatic N) is 2. The molecule has 3 fully saturated rings. The first-order valence-corrected chi connectivity index (χ1v) is 10.5. The van der Waals surface area contributed by atoms with Gasteiger partial charge in [0, 0.05) is 24.5 Å². The topological polar surface area (TPSA) is 68.3 Å². The zero-order chi connectivity index (χ0) is 20.8. The van der Waals surface area contributed by atoms with Gasteiger partial charge in [-0.15, -0.1) is 0 Å². The molecule has 1 spiro atoms. The molecule has 0 aliphatic carbocycles. The van der Waals surface area contributed by atoms with Gasteiger partial charge in [-0.3, -0.25) is 9.59 Å². The van der Waals surface area contributed by atoms with Crippen molar-refractivity contribution in [1.82, 2.24) is 10.1 Å². The third-order valence-electron chi connectivity index (χ3n) is 6.33. The quantitative estimate of drug-likeness (QED) is 0.695. The van der Waals surface area contributed by atoms with Gasteiger partial charge < -0.3 is 9.57 Å². The van der Waals surface area contributed by atoms with Gasteiger partial charge in [0.2, 0.25) is 0 Å². The lowest BCUT2D eigenvalue weighted by molar-refractivity contribution is -0.288. The minimum absolute atomic E-state index is 0.110. The highest BCUT2D eigenvalue weighted by Gasteiger charge is 2.61. The fourth-order valence-corrected chi connectivity index (χ4v) is 4.81. The van der Waals surface area contributed by atoms with Gasteiger partial charge in [0.1, 0.15) is 11.5 Å². The molecule has 1 amide bonds. The van der Waals surface area contributed by atoms with E-state index in [1.807, 2.05) is 26.0 Å². The molecule has 2 unspecified atom stereocenters. The molecule has 29 heavy (non-hydrogen) atoms. The van der Waals surface area contributed by atoms with Gasteiger partial charge in [0.05, 0.1) is 13.7 Å².